The smallest absolute Gasteiger partial charge is 0.187 e. The first-order valence-electron chi connectivity index (χ1n) is 5.89. The minimum Gasteiger partial charge on any atom is -0.187 e. The van der Waals surface area contributed by atoms with Crippen molar-refractivity contribution in [1.29, 1.82) is 0 Å². The van der Waals surface area contributed by atoms with Crippen LogP contribution in [-0.4, -0.2) is 16.7 Å². The second-order valence-corrected chi connectivity index (χ2v) is 4.19. The van der Waals surface area contributed by atoms with Crippen LogP contribution in [0.15, 0.2) is 40.7 Å². The van der Waals surface area contributed by atoms with E-state index in [1.165, 1.54) is 0 Å². The van der Waals surface area contributed by atoms with E-state index < -0.39 is 0 Å². The van der Waals surface area contributed by atoms with Crippen molar-refractivity contribution in [2.24, 2.45) is 16.1 Å². The topological polar surface area (TPSA) is 50.5 Å². The van der Waals surface area contributed by atoms with Crippen molar-refractivity contribution in [3.63, 3.8) is 0 Å². The van der Waals surface area contributed by atoms with Crippen LogP contribution >= 0.6 is 0 Å². The maximum absolute atomic E-state index is 4.18. The number of hydrogen-bond donors (Lipinski definition) is 0. The maximum atomic E-state index is 4.18. The maximum Gasteiger partial charge on any atom is 0.203 e. The Morgan fingerprint density at radius 2 is 2.12 bits per heavy atom. The molecule has 17 heavy (non-hydrogen) atoms. The average Bonchev–Trinajstić information content (AvgIpc) is 2.39. The Hall–Kier alpha value is -1.84. The van der Waals surface area contributed by atoms with Crippen LogP contribution in [-0.2, 0) is 0 Å². The molecule has 0 radical (unpaired) electrons. The van der Waals surface area contributed by atoms with Gasteiger partial charge in [-0.3, -0.25) is 0 Å². The molecule has 0 bridgehead atoms. The number of aromatic nitrogens is 2. The number of rotatable bonds is 4. The Balaban J connectivity index is 2.24. The highest BCUT2D eigenvalue weighted by Crippen LogP contribution is 2.22. The molecule has 0 aliphatic carbocycles. The average molecular weight is 228 g/mol. The normalized spacial score (nSPS) is 13.3. The first-order chi connectivity index (χ1) is 8.31. The molecule has 0 saturated carbocycles. The third kappa shape index (κ3) is 2.84. The van der Waals surface area contributed by atoms with E-state index in [-0.39, 0.29) is 0 Å². The van der Waals surface area contributed by atoms with Crippen LogP contribution in [0.5, 0.6) is 0 Å². The molecule has 1 unspecified atom stereocenters. The highest BCUT2D eigenvalue weighted by atomic mass is 15.2. The molecule has 4 nitrogen and oxygen atoms in total. The van der Waals surface area contributed by atoms with Crippen molar-refractivity contribution in [2.75, 3.05) is 6.54 Å². The van der Waals surface area contributed by atoms with Crippen LogP contribution in [0.4, 0.5) is 5.82 Å². The summed E-state index contributed by atoms with van der Waals surface area (Å²) in [4.78, 5) is 0. The predicted octanol–water partition coefficient (Wildman–Crippen LogP) is 3.76. The number of benzene rings is 1. The minimum absolute atomic E-state index is 0.557. The molecule has 0 saturated heterocycles. The molecule has 1 atom stereocenters. The molecule has 0 N–H and O–H groups in total. The lowest BCUT2D eigenvalue weighted by Crippen LogP contribution is -1.95. The van der Waals surface area contributed by atoms with Crippen LogP contribution in [0, 0.1) is 5.92 Å². The highest BCUT2D eigenvalue weighted by Gasteiger charge is 2.01. The first kappa shape index (κ1) is 11.6. The van der Waals surface area contributed by atoms with E-state index in [1.807, 2.05) is 24.3 Å². The lowest BCUT2D eigenvalue weighted by molar-refractivity contribution is 0.565. The molecule has 1 aromatic carbocycles. The summed E-state index contributed by atoms with van der Waals surface area (Å²) < 4.78 is 0. The summed E-state index contributed by atoms with van der Waals surface area (Å²) >= 11 is 0. The zero-order valence-electron chi connectivity index (χ0n) is 10.2. The third-order valence-corrected chi connectivity index (χ3v) is 2.81. The number of hydrogen-bond acceptors (Lipinski definition) is 4. The lowest BCUT2D eigenvalue weighted by Gasteiger charge is -2.01. The minimum atomic E-state index is 0.557. The van der Waals surface area contributed by atoms with E-state index in [9.17, 15) is 0 Å². The van der Waals surface area contributed by atoms with E-state index in [0.717, 1.165) is 23.7 Å². The van der Waals surface area contributed by atoms with Crippen LogP contribution in [0.1, 0.15) is 20.3 Å². The molecule has 0 aliphatic rings. The van der Waals surface area contributed by atoms with E-state index in [0.29, 0.717) is 11.7 Å². The number of azo groups is 1. The first-order valence-corrected chi connectivity index (χ1v) is 5.89. The molecule has 2 rings (SSSR count). The van der Waals surface area contributed by atoms with Crippen molar-refractivity contribution in [3.05, 3.63) is 30.5 Å². The van der Waals surface area contributed by atoms with Crippen LogP contribution in [0.3, 0.4) is 0 Å². The second kappa shape index (κ2) is 5.48. The number of fused-ring (bicyclic) bond motifs is 1. The van der Waals surface area contributed by atoms with Gasteiger partial charge in [-0.1, -0.05) is 44.5 Å². The van der Waals surface area contributed by atoms with Gasteiger partial charge in [0.15, 0.2) is 0 Å². The molecular formula is C13H16N4. The molecule has 4 heteroatoms. The van der Waals surface area contributed by atoms with Crippen molar-refractivity contribution in [3.8, 4) is 0 Å². The molecule has 0 amide bonds. The summed E-state index contributed by atoms with van der Waals surface area (Å²) in [6, 6.07) is 7.93. The van der Waals surface area contributed by atoms with Crippen molar-refractivity contribution >= 4 is 16.6 Å². The van der Waals surface area contributed by atoms with Gasteiger partial charge in [0.1, 0.15) is 0 Å². The zero-order valence-corrected chi connectivity index (χ0v) is 10.2. The summed E-state index contributed by atoms with van der Waals surface area (Å²) in [5, 5.41) is 18.3. The summed E-state index contributed by atoms with van der Waals surface area (Å²) in [5.41, 5.74) is 0. The fourth-order valence-corrected chi connectivity index (χ4v) is 1.46. The quantitative estimate of drug-likeness (QED) is 0.748. The SMILES string of the molecule is CCC(C)CN=Nc1nncc2ccccc12. The summed E-state index contributed by atoms with van der Waals surface area (Å²) in [6.45, 7) is 5.05. The Morgan fingerprint density at radius 3 is 2.94 bits per heavy atom. The zero-order chi connectivity index (χ0) is 12.1. The molecule has 88 valence electrons. The van der Waals surface area contributed by atoms with Crippen molar-refractivity contribution < 1.29 is 0 Å². The lowest BCUT2D eigenvalue weighted by atomic mass is 10.1. The van der Waals surface area contributed by atoms with Gasteiger partial charge < -0.3 is 0 Å². The molecular weight excluding hydrogens is 212 g/mol. The monoisotopic (exact) mass is 228 g/mol. The molecule has 0 spiro atoms. The largest absolute Gasteiger partial charge is 0.203 e. The molecule has 1 aromatic heterocycles. The van der Waals surface area contributed by atoms with Crippen molar-refractivity contribution in [2.45, 2.75) is 20.3 Å². The molecule has 2 aromatic rings. The Labute approximate surface area is 101 Å². The van der Waals surface area contributed by atoms with Gasteiger partial charge in [-0.05, 0) is 5.92 Å². The number of nitrogens with zero attached hydrogens (tertiary/aromatic N) is 4. The highest BCUT2D eigenvalue weighted by molar-refractivity contribution is 5.89. The van der Waals surface area contributed by atoms with Gasteiger partial charge in [-0.25, -0.2) is 0 Å². The standard InChI is InChI=1S/C13H16N4/c1-3-10(2)8-14-16-13-12-7-5-4-6-11(12)9-15-17-13/h4-7,9-10H,3,8H2,1-2H3. The fraction of sp³-hybridized carbons (Fsp3) is 0.385. The Morgan fingerprint density at radius 1 is 1.29 bits per heavy atom. The van der Waals surface area contributed by atoms with Crippen LogP contribution in [0.25, 0.3) is 10.8 Å². The molecule has 1 heterocycles. The summed E-state index contributed by atoms with van der Waals surface area (Å²) in [7, 11) is 0. The van der Waals surface area contributed by atoms with Gasteiger partial charge in [-0.15, -0.1) is 10.2 Å². The molecule has 0 fully saturated rings. The van der Waals surface area contributed by atoms with Gasteiger partial charge in [0.2, 0.25) is 5.82 Å². The Bertz CT molecular complexity index is 516. The van der Waals surface area contributed by atoms with Gasteiger partial charge >= 0.3 is 0 Å². The van der Waals surface area contributed by atoms with Gasteiger partial charge in [0.25, 0.3) is 0 Å². The van der Waals surface area contributed by atoms with Gasteiger partial charge in [0.05, 0.1) is 12.7 Å². The van der Waals surface area contributed by atoms with Gasteiger partial charge in [0, 0.05) is 10.8 Å². The fourth-order valence-electron chi connectivity index (χ4n) is 1.46. The van der Waals surface area contributed by atoms with E-state index in [4.69, 9.17) is 0 Å². The van der Waals surface area contributed by atoms with E-state index >= 15 is 0 Å². The van der Waals surface area contributed by atoms with Crippen molar-refractivity contribution in [1.82, 2.24) is 10.2 Å². The third-order valence-electron chi connectivity index (χ3n) is 2.81. The van der Waals surface area contributed by atoms with Crippen LogP contribution in [0.2, 0.25) is 0 Å². The van der Waals surface area contributed by atoms with E-state index in [1.54, 1.807) is 6.20 Å². The van der Waals surface area contributed by atoms with E-state index in [2.05, 4.69) is 34.3 Å². The predicted molar refractivity (Wildman–Crippen MR) is 68.4 cm³/mol. The Kier molecular flexibility index (Phi) is 3.75. The second-order valence-electron chi connectivity index (χ2n) is 4.19. The summed E-state index contributed by atoms with van der Waals surface area (Å²) in [6.07, 6.45) is 2.85. The molecule has 0 aliphatic heterocycles. The summed E-state index contributed by atoms with van der Waals surface area (Å²) in [5.74, 6) is 1.16. The van der Waals surface area contributed by atoms with Gasteiger partial charge in [-0.2, -0.15) is 10.2 Å². The van der Waals surface area contributed by atoms with Crippen LogP contribution < -0.4 is 0 Å².